The molecule has 1 aliphatic heterocycles. The zero-order valence-electron chi connectivity index (χ0n) is 17.5. The third kappa shape index (κ3) is 3.57. The van der Waals surface area contributed by atoms with Gasteiger partial charge in [-0.2, -0.15) is 13.2 Å². The molecule has 0 unspecified atom stereocenters. The van der Waals surface area contributed by atoms with Crippen LogP contribution >= 0.6 is 0 Å². The Balaban J connectivity index is 1.49. The molecule has 1 aromatic heterocycles. The van der Waals surface area contributed by atoms with Crippen LogP contribution in [0.15, 0.2) is 54.6 Å². The third-order valence-electron chi connectivity index (χ3n) is 5.76. The maximum absolute atomic E-state index is 13.3. The molecule has 4 nitrogen and oxygen atoms in total. The maximum Gasteiger partial charge on any atom is 0.416 e. The number of nitrogens with one attached hydrogen (secondary N) is 1. The number of hydrogen-bond donors (Lipinski definition) is 1. The first kappa shape index (κ1) is 20.4. The summed E-state index contributed by atoms with van der Waals surface area (Å²) in [5.41, 5.74) is 5.00. The van der Waals surface area contributed by atoms with E-state index in [4.69, 9.17) is 4.74 Å². The fraction of sp³-hybridized carbons (Fsp3) is 0.200. The first-order valence-corrected chi connectivity index (χ1v) is 10.2. The van der Waals surface area contributed by atoms with Gasteiger partial charge in [0, 0.05) is 23.9 Å². The number of hydrogen-bond acceptors (Lipinski definition) is 3. The van der Waals surface area contributed by atoms with Crippen molar-refractivity contribution in [3.63, 3.8) is 0 Å². The Kier molecular flexibility index (Phi) is 4.84. The molecule has 3 aromatic carbocycles. The van der Waals surface area contributed by atoms with Crippen molar-refractivity contribution in [1.29, 1.82) is 0 Å². The Morgan fingerprint density at radius 3 is 2.75 bits per heavy atom. The maximum atomic E-state index is 13.3. The molecule has 0 spiro atoms. The summed E-state index contributed by atoms with van der Waals surface area (Å²) in [6, 6.07) is 15.4. The number of benzene rings is 3. The van der Waals surface area contributed by atoms with Crippen LogP contribution in [0, 0.1) is 20.3 Å². The summed E-state index contributed by atoms with van der Waals surface area (Å²) in [6.07, 6.45) is -1.27. The van der Waals surface area contributed by atoms with Crippen molar-refractivity contribution in [2.75, 3.05) is 11.9 Å². The van der Waals surface area contributed by atoms with Crippen molar-refractivity contribution in [1.82, 2.24) is 9.55 Å². The second kappa shape index (κ2) is 7.58. The van der Waals surface area contributed by atoms with Crippen molar-refractivity contribution < 1.29 is 17.9 Å². The van der Waals surface area contributed by atoms with Crippen LogP contribution in [0.3, 0.4) is 0 Å². The predicted octanol–water partition coefficient (Wildman–Crippen LogP) is 6.10. The van der Waals surface area contributed by atoms with Crippen LogP contribution in [0.2, 0.25) is 0 Å². The van der Waals surface area contributed by atoms with Crippen LogP contribution in [0.5, 0.6) is 5.75 Å². The van der Waals surface area contributed by atoms with E-state index in [9.17, 15) is 13.2 Å². The highest BCUT2D eigenvalue weighted by Crippen LogP contribution is 2.34. The van der Waals surface area contributed by atoms with Crippen molar-refractivity contribution in [2.24, 2.45) is 0 Å². The van der Waals surface area contributed by atoms with Crippen molar-refractivity contribution in [2.45, 2.75) is 26.6 Å². The quantitative estimate of drug-likeness (QED) is 0.421. The van der Waals surface area contributed by atoms with E-state index >= 15 is 0 Å². The lowest BCUT2D eigenvalue weighted by Crippen LogP contribution is -2.07. The standard InChI is InChI=1S/C25H20F3N3O/c1-15-18(14-29-20-8-6-17-10-11-32-24(17)13-20)4-3-5-22(15)31-16(2)30-21-9-7-19(12-23(21)31)25(26,27)28/h3-9,12-13,29H,11,14H2,1-2H3. The second-order valence-corrected chi connectivity index (χ2v) is 7.79. The average Bonchev–Trinajstić information content (AvgIpc) is 3.35. The lowest BCUT2D eigenvalue weighted by atomic mass is 10.1. The van der Waals surface area contributed by atoms with Gasteiger partial charge in [0.1, 0.15) is 18.2 Å². The Labute approximate surface area is 183 Å². The van der Waals surface area contributed by atoms with E-state index in [2.05, 4.69) is 16.7 Å². The average molecular weight is 435 g/mol. The molecular weight excluding hydrogens is 415 g/mol. The summed E-state index contributed by atoms with van der Waals surface area (Å²) in [4.78, 5) is 4.47. The summed E-state index contributed by atoms with van der Waals surface area (Å²) < 4.78 is 47.2. The lowest BCUT2D eigenvalue weighted by molar-refractivity contribution is -0.137. The summed E-state index contributed by atoms with van der Waals surface area (Å²) in [7, 11) is 0. The minimum Gasteiger partial charge on any atom is -0.492 e. The molecule has 0 saturated carbocycles. The molecule has 1 aliphatic rings. The number of rotatable bonds is 4. The molecule has 0 saturated heterocycles. The fourth-order valence-electron chi connectivity index (χ4n) is 4.07. The van der Waals surface area contributed by atoms with Gasteiger partial charge >= 0.3 is 6.18 Å². The van der Waals surface area contributed by atoms with E-state index in [1.807, 2.05) is 43.3 Å². The van der Waals surface area contributed by atoms with Gasteiger partial charge in [0.15, 0.2) is 0 Å². The predicted molar refractivity (Wildman–Crippen MR) is 117 cm³/mol. The Morgan fingerprint density at radius 2 is 1.94 bits per heavy atom. The van der Waals surface area contributed by atoms with E-state index in [0.717, 1.165) is 45.9 Å². The largest absolute Gasteiger partial charge is 0.492 e. The molecule has 0 fully saturated rings. The van der Waals surface area contributed by atoms with E-state index in [0.29, 0.717) is 30.0 Å². The molecule has 32 heavy (non-hydrogen) atoms. The third-order valence-corrected chi connectivity index (χ3v) is 5.76. The molecule has 0 amide bonds. The number of fused-ring (bicyclic) bond motifs is 2. The number of halogens is 3. The second-order valence-electron chi connectivity index (χ2n) is 7.79. The minimum absolute atomic E-state index is 0.439. The first-order chi connectivity index (χ1) is 15.3. The normalized spacial score (nSPS) is 13.3. The van der Waals surface area contributed by atoms with Crippen molar-refractivity contribution in [3.05, 3.63) is 89.1 Å². The van der Waals surface area contributed by atoms with Gasteiger partial charge in [-0.3, -0.25) is 4.57 Å². The highest BCUT2D eigenvalue weighted by atomic mass is 19.4. The highest BCUT2D eigenvalue weighted by Gasteiger charge is 2.31. The number of aryl methyl sites for hydroxylation is 1. The van der Waals surface area contributed by atoms with Crippen molar-refractivity contribution >= 4 is 16.7 Å². The number of aromatic nitrogens is 2. The number of anilines is 1. The molecule has 0 atom stereocenters. The number of alkyl halides is 3. The number of nitrogens with zero attached hydrogens (tertiary/aromatic N) is 2. The van der Waals surface area contributed by atoms with Gasteiger partial charge in [-0.25, -0.2) is 4.98 Å². The lowest BCUT2D eigenvalue weighted by Gasteiger charge is -2.16. The van der Waals surface area contributed by atoms with Crippen LogP contribution in [0.25, 0.3) is 16.7 Å². The molecule has 2 heterocycles. The molecule has 0 bridgehead atoms. The molecule has 1 N–H and O–H groups in total. The summed E-state index contributed by atoms with van der Waals surface area (Å²) in [5.74, 6) is 1.44. The minimum atomic E-state index is -4.41. The smallest absolute Gasteiger partial charge is 0.416 e. The Bertz CT molecular complexity index is 1320. The first-order valence-electron chi connectivity index (χ1n) is 10.2. The molecule has 162 valence electrons. The van der Waals surface area contributed by atoms with Gasteiger partial charge in [0.25, 0.3) is 0 Å². The topological polar surface area (TPSA) is 39.1 Å². The van der Waals surface area contributed by atoms with Crippen LogP contribution in [0.1, 0.15) is 28.1 Å². The van der Waals surface area contributed by atoms with Crippen LogP contribution < -0.4 is 10.1 Å². The highest BCUT2D eigenvalue weighted by molar-refractivity contribution is 5.79. The molecule has 0 aliphatic carbocycles. The summed E-state index contributed by atoms with van der Waals surface area (Å²) in [6.45, 7) is 4.80. The summed E-state index contributed by atoms with van der Waals surface area (Å²) >= 11 is 0. The zero-order valence-corrected chi connectivity index (χ0v) is 17.5. The van der Waals surface area contributed by atoms with E-state index in [1.54, 1.807) is 11.5 Å². The van der Waals surface area contributed by atoms with Gasteiger partial charge in [0.05, 0.1) is 28.7 Å². The van der Waals surface area contributed by atoms with Gasteiger partial charge in [-0.1, -0.05) is 18.2 Å². The Morgan fingerprint density at radius 1 is 1.09 bits per heavy atom. The van der Waals surface area contributed by atoms with Gasteiger partial charge in [0.2, 0.25) is 0 Å². The van der Waals surface area contributed by atoms with Gasteiger partial charge in [-0.05, 0) is 55.3 Å². The fourth-order valence-corrected chi connectivity index (χ4v) is 4.07. The van der Waals surface area contributed by atoms with Crippen LogP contribution in [-0.2, 0) is 12.7 Å². The molecule has 4 aromatic rings. The molecular formula is C25H20F3N3O. The van der Waals surface area contributed by atoms with E-state index < -0.39 is 11.7 Å². The van der Waals surface area contributed by atoms with E-state index in [-0.39, 0.29) is 0 Å². The number of imidazole rings is 1. The van der Waals surface area contributed by atoms with Gasteiger partial charge in [-0.15, -0.1) is 0 Å². The molecule has 2 radical (unpaired) electrons. The zero-order chi connectivity index (χ0) is 22.5. The van der Waals surface area contributed by atoms with E-state index in [1.165, 1.54) is 6.07 Å². The summed E-state index contributed by atoms with van der Waals surface area (Å²) in [5, 5.41) is 3.40. The monoisotopic (exact) mass is 435 g/mol. The molecule has 5 rings (SSSR count). The molecule has 7 heteroatoms. The van der Waals surface area contributed by atoms with Crippen molar-refractivity contribution in [3.8, 4) is 11.4 Å². The number of ether oxygens (including phenoxy) is 1. The Hall–Kier alpha value is -3.48. The van der Waals surface area contributed by atoms with Crippen LogP contribution in [0.4, 0.5) is 18.9 Å². The SMILES string of the molecule is Cc1c(CNc2ccc3c(c2)OC[C]3)cccc1-n1c(C)nc2ccc(C(F)(F)F)cc21. The van der Waals surface area contributed by atoms with Crippen LogP contribution in [-0.4, -0.2) is 16.2 Å². The van der Waals surface area contributed by atoms with Gasteiger partial charge < -0.3 is 10.1 Å².